The predicted molar refractivity (Wildman–Crippen MR) is 185 cm³/mol. The first-order chi connectivity index (χ1) is 21.8. The van der Waals surface area contributed by atoms with Crippen LogP contribution in [0.5, 0.6) is 0 Å². The summed E-state index contributed by atoms with van der Waals surface area (Å²) in [5, 5.41) is 6.76. The molecule has 0 aliphatic heterocycles. The summed E-state index contributed by atoms with van der Waals surface area (Å²) >= 11 is 1.06. The minimum absolute atomic E-state index is 0.0228. The Kier molecular flexibility index (Phi) is 14.5. The van der Waals surface area contributed by atoms with Gasteiger partial charge in [-0.2, -0.15) is 0 Å². The van der Waals surface area contributed by atoms with Gasteiger partial charge in [0, 0.05) is 12.1 Å². The SMILES string of the molecule is CC(C)C[C@H](N)C(=O)N[C@]([Si])(CC(C)C)C(=O)N[C@@H](CCCN=C(N)N)C(=O)c1nc2ccc(C(=O)NC(C(N)=O)C(C)C)cc2s1. The van der Waals surface area contributed by atoms with Crippen LogP contribution in [0.2, 0.25) is 0 Å². The molecule has 0 saturated carbocycles. The molecule has 16 heteroatoms. The Hall–Kier alpha value is -3.89. The zero-order chi connectivity index (χ0) is 35.6. The summed E-state index contributed by atoms with van der Waals surface area (Å²) in [7, 11) is 3.53. The number of amides is 4. The van der Waals surface area contributed by atoms with Crippen molar-refractivity contribution in [2.24, 2.45) is 45.7 Å². The molecule has 2 aromatic rings. The molecule has 0 saturated heterocycles. The summed E-state index contributed by atoms with van der Waals surface area (Å²) in [4.78, 5) is 73.8. The number of nitrogens with one attached hydrogen (secondary N) is 3. The van der Waals surface area contributed by atoms with E-state index in [4.69, 9.17) is 22.9 Å². The molecule has 0 aliphatic rings. The van der Waals surface area contributed by atoms with Gasteiger partial charge in [0.1, 0.15) is 11.2 Å². The van der Waals surface area contributed by atoms with Gasteiger partial charge < -0.3 is 38.9 Å². The molecule has 3 radical (unpaired) electrons. The number of primary amides is 1. The van der Waals surface area contributed by atoms with Crippen LogP contribution in [0.1, 0.15) is 87.4 Å². The first-order valence-corrected chi connectivity index (χ1v) is 16.9. The van der Waals surface area contributed by atoms with E-state index in [-0.39, 0.29) is 53.7 Å². The Balaban J connectivity index is 2.39. The molecule has 1 aromatic heterocycles. The quantitative estimate of drug-likeness (QED) is 0.0382. The third kappa shape index (κ3) is 11.7. The average molecular weight is 687 g/mol. The van der Waals surface area contributed by atoms with Crippen LogP contribution in [-0.2, 0) is 14.4 Å². The highest BCUT2D eigenvalue weighted by Crippen LogP contribution is 2.26. The zero-order valence-corrected chi connectivity index (χ0v) is 29.7. The summed E-state index contributed by atoms with van der Waals surface area (Å²) in [6.07, 6.45) is 1.16. The molecule has 257 valence electrons. The zero-order valence-electron chi connectivity index (χ0n) is 27.9. The number of thiazole rings is 1. The largest absolute Gasteiger partial charge is 0.370 e. The first-order valence-electron chi connectivity index (χ1n) is 15.6. The molecule has 2 rings (SSSR count). The number of ketones is 1. The van der Waals surface area contributed by atoms with Crippen LogP contribution in [0, 0.1) is 17.8 Å². The highest BCUT2D eigenvalue weighted by molar-refractivity contribution is 7.20. The number of rotatable bonds is 18. The van der Waals surface area contributed by atoms with Crippen LogP contribution in [0.3, 0.4) is 0 Å². The van der Waals surface area contributed by atoms with Gasteiger partial charge in [-0.1, -0.05) is 41.5 Å². The topological polar surface area (TPSA) is 251 Å². The van der Waals surface area contributed by atoms with E-state index in [1.807, 2.05) is 27.7 Å². The number of nitrogens with two attached hydrogens (primary N) is 4. The van der Waals surface area contributed by atoms with Crippen molar-refractivity contribution in [3.8, 4) is 0 Å². The molecule has 0 aliphatic carbocycles. The van der Waals surface area contributed by atoms with E-state index in [0.29, 0.717) is 23.1 Å². The number of aliphatic imine (C=N–C) groups is 1. The van der Waals surface area contributed by atoms with Gasteiger partial charge in [-0.15, -0.1) is 11.3 Å². The molecule has 4 atom stereocenters. The van der Waals surface area contributed by atoms with Gasteiger partial charge in [0.2, 0.25) is 23.5 Å². The molecule has 1 aromatic carbocycles. The first kappa shape index (κ1) is 39.3. The molecular weight excluding hydrogens is 639 g/mol. The Morgan fingerprint density at radius 1 is 1.00 bits per heavy atom. The lowest BCUT2D eigenvalue weighted by atomic mass is 9.98. The van der Waals surface area contributed by atoms with E-state index in [9.17, 15) is 24.0 Å². The lowest BCUT2D eigenvalue weighted by Gasteiger charge is -2.34. The van der Waals surface area contributed by atoms with Crippen LogP contribution in [0.15, 0.2) is 23.2 Å². The Labute approximate surface area is 283 Å². The number of aromatic nitrogens is 1. The van der Waals surface area contributed by atoms with E-state index >= 15 is 0 Å². The van der Waals surface area contributed by atoms with Gasteiger partial charge in [0.15, 0.2) is 11.0 Å². The van der Waals surface area contributed by atoms with Crippen molar-refractivity contribution in [2.75, 3.05) is 6.54 Å². The Bertz CT molecular complexity index is 1470. The second-order valence-corrected chi connectivity index (χ2v) is 14.8. The fourth-order valence-electron chi connectivity index (χ4n) is 4.90. The second kappa shape index (κ2) is 17.3. The molecule has 1 unspecified atom stereocenters. The van der Waals surface area contributed by atoms with Gasteiger partial charge in [0.05, 0.1) is 32.5 Å². The van der Waals surface area contributed by atoms with Crippen molar-refractivity contribution in [3.05, 3.63) is 28.8 Å². The highest BCUT2D eigenvalue weighted by Gasteiger charge is 2.39. The van der Waals surface area contributed by atoms with Crippen molar-refractivity contribution in [2.45, 2.75) is 90.5 Å². The minimum atomic E-state index is -1.55. The smallest absolute Gasteiger partial charge is 0.251 e. The van der Waals surface area contributed by atoms with E-state index in [1.165, 1.54) is 6.07 Å². The molecule has 1 heterocycles. The Morgan fingerprint density at radius 2 is 1.66 bits per heavy atom. The highest BCUT2D eigenvalue weighted by atomic mass is 32.1. The van der Waals surface area contributed by atoms with Crippen LogP contribution < -0.4 is 38.9 Å². The molecule has 0 spiro atoms. The van der Waals surface area contributed by atoms with Crippen molar-refractivity contribution < 1.29 is 24.0 Å². The minimum Gasteiger partial charge on any atom is -0.370 e. The van der Waals surface area contributed by atoms with Crippen LogP contribution >= 0.6 is 11.3 Å². The predicted octanol–water partition coefficient (Wildman–Crippen LogP) is 0.658. The number of hydrogen-bond donors (Lipinski definition) is 7. The van der Waals surface area contributed by atoms with Gasteiger partial charge in [-0.25, -0.2) is 4.98 Å². The van der Waals surface area contributed by atoms with Crippen molar-refractivity contribution in [1.82, 2.24) is 20.9 Å². The summed E-state index contributed by atoms with van der Waals surface area (Å²) in [6.45, 7) is 11.4. The maximum Gasteiger partial charge on any atom is 0.251 e. The summed E-state index contributed by atoms with van der Waals surface area (Å²) in [6, 6.07) is 1.98. The number of carbonyl (C=O) groups excluding carboxylic acids is 5. The summed E-state index contributed by atoms with van der Waals surface area (Å²) < 4.78 is 0.549. The van der Waals surface area contributed by atoms with Crippen LogP contribution in [0.25, 0.3) is 10.2 Å². The van der Waals surface area contributed by atoms with E-state index in [1.54, 1.807) is 26.0 Å². The van der Waals surface area contributed by atoms with Gasteiger partial charge in [-0.3, -0.25) is 29.0 Å². The molecule has 11 N–H and O–H groups in total. The maximum absolute atomic E-state index is 13.9. The lowest BCUT2D eigenvalue weighted by molar-refractivity contribution is -0.132. The van der Waals surface area contributed by atoms with Crippen molar-refractivity contribution in [1.29, 1.82) is 0 Å². The molecule has 4 amide bonds. The second-order valence-electron chi connectivity index (χ2n) is 12.9. The number of nitrogens with zero attached hydrogens (tertiary/aromatic N) is 2. The van der Waals surface area contributed by atoms with Crippen molar-refractivity contribution in [3.63, 3.8) is 0 Å². The number of guanidine groups is 1. The van der Waals surface area contributed by atoms with E-state index < -0.39 is 52.7 Å². The summed E-state index contributed by atoms with van der Waals surface area (Å²) in [5.74, 6) is -2.90. The van der Waals surface area contributed by atoms with Crippen molar-refractivity contribution >= 4 is 67.2 Å². The third-order valence-electron chi connectivity index (χ3n) is 7.19. The monoisotopic (exact) mass is 686 g/mol. The normalized spacial score (nSPS) is 14.7. The number of carbonyl (C=O) groups is 5. The number of Topliss-reactive ketones (excluding diaryl/α,β-unsaturated/α-hetero) is 1. The third-order valence-corrected chi connectivity index (χ3v) is 8.78. The number of hydrogen-bond acceptors (Lipinski definition) is 9. The number of benzene rings is 1. The van der Waals surface area contributed by atoms with E-state index in [0.717, 1.165) is 11.3 Å². The fraction of sp³-hybridized carbons (Fsp3) is 0.581. The fourth-order valence-corrected chi connectivity index (χ4v) is 6.50. The number of fused-ring (bicyclic) bond motifs is 1. The molecular formula is C31H48N9O5SSi. The van der Waals surface area contributed by atoms with Gasteiger partial charge >= 0.3 is 0 Å². The molecule has 0 bridgehead atoms. The lowest BCUT2D eigenvalue weighted by Crippen LogP contribution is -2.64. The maximum atomic E-state index is 13.9. The van der Waals surface area contributed by atoms with Crippen LogP contribution in [0.4, 0.5) is 0 Å². The summed E-state index contributed by atoms with van der Waals surface area (Å²) in [5.41, 5.74) is 23.2. The average Bonchev–Trinajstić information content (AvgIpc) is 3.39. The van der Waals surface area contributed by atoms with Crippen LogP contribution in [-0.4, -0.2) is 80.4 Å². The molecule has 0 fully saturated rings. The van der Waals surface area contributed by atoms with Gasteiger partial charge in [-0.05, 0) is 61.6 Å². The standard InChI is InChI=1S/C31H48N9O5SSi/c1-15(2)12-19(32)27(44)40-31(47,14-16(3)4)29(45)38-21(8-7-11-36-30(34)35)24(41)28-37-20-10-9-18(13-22(20)46-28)26(43)39-23(17(5)6)25(33)42/h9-10,13,15-17,19,21,23H,7-8,11-12,14,32H2,1-6H3,(H2,33,42)(H,38,45)(H,39,43)(H,40,44)(H4,34,35,36)/t19-,21-,23?,31-/m0/s1. The Morgan fingerprint density at radius 3 is 2.21 bits per heavy atom. The van der Waals surface area contributed by atoms with E-state index in [2.05, 4.69) is 36.2 Å². The molecule has 14 nitrogen and oxygen atoms in total. The van der Waals surface area contributed by atoms with Gasteiger partial charge in [0.25, 0.3) is 5.91 Å². The molecule has 47 heavy (non-hydrogen) atoms.